The van der Waals surface area contributed by atoms with Crippen LogP contribution in [0.25, 0.3) is 0 Å². The smallest absolute Gasteiger partial charge is 0.229 e. The van der Waals surface area contributed by atoms with Gasteiger partial charge in [0.1, 0.15) is 0 Å². The number of nitrogens with one attached hydrogen (secondary N) is 2. The standard InChI is InChI=1S/C17H25N3O2/c1-11-14(19-12(2)21)8-6-9-15(11)20-16(22)13-7-4-5-10-17(13,3)18/h6,8-9,13H,4-5,7,10,18H2,1-3H3,(H,19,21)(H,20,22). The Kier molecular flexibility index (Phi) is 4.86. The van der Waals surface area contributed by atoms with E-state index in [1.807, 2.05) is 32.0 Å². The van der Waals surface area contributed by atoms with E-state index in [1.54, 1.807) is 0 Å². The lowest BCUT2D eigenvalue weighted by atomic mass is 9.74. The van der Waals surface area contributed by atoms with E-state index in [9.17, 15) is 9.59 Å². The Morgan fingerprint density at radius 1 is 1.23 bits per heavy atom. The average Bonchev–Trinajstić information content (AvgIpc) is 2.42. The average molecular weight is 303 g/mol. The van der Waals surface area contributed by atoms with Gasteiger partial charge in [-0.15, -0.1) is 0 Å². The minimum atomic E-state index is -0.453. The van der Waals surface area contributed by atoms with Crippen LogP contribution >= 0.6 is 0 Å². The Hall–Kier alpha value is -1.88. The van der Waals surface area contributed by atoms with Gasteiger partial charge in [-0.3, -0.25) is 9.59 Å². The molecule has 2 rings (SSSR count). The molecular formula is C17H25N3O2. The quantitative estimate of drug-likeness (QED) is 0.802. The van der Waals surface area contributed by atoms with Crippen molar-refractivity contribution in [1.29, 1.82) is 0 Å². The minimum Gasteiger partial charge on any atom is -0.326 e. The highest BCUT2D eigenvalue weighted by atomic mass is 16.2. The zero-order valence-corrected chi connectivity index (χ0v) is 13.5. The fourth-order valence-corrected chi connectivity index (χ4v) is 3.10. The molecule has 1 aromatic rings. The molecular weight excluding hydrogens is 278 g/mol. The zero-order valence-electron chi connectivity index (χ0n) is 13.5. The molecule has 0 radical (unpaired) electrons. The Morgan fingerprint density at radius 2 is 1.86 bits per heavy atom. The van der Waals surface area contributed by atoms with Crippen LogP contribution in [0.2, 0.25) is 0 Å². The molecule has 120 valence electrons. The summed E-state index contributed by atoms with van der Waals surface area (Å²) in [7, 11) is 0. The highest BCUT2D eigenvalue weighted by molar-refractivity contribution is 5.96. The molecule has 4 N–H and O–H groups in total. The third kappa shape index (κ3) is 3.65. The molecule has 2 atom stereocenters. The number of nitrogens with two attached hydrogens (primary N) is 1. The van der Waals surface area contributed by atoms with Crippen molar-refractivity contribution in [2.24, 2.45) is 11.7 Å². The van der Waals surface area contributed by atoms with Gasteiger partial charge in [-0.1, -0.05) is 18.9 Å². The second kappa shape index (κ2) is 6.48. The van der Waals surface area contributed by atoms with Crippen molar-refractivity contribution in [3.05, 3.63) is 23.8 Å². The maximum atomic E-state index is 12.6. The second-order valence-electron chi connectivity index (χ2n) is 6.45. The van der Waals surface area contributed by atoms with Crippen molar-refractivity contribution in [3.63, 3.8) is 0 Å². The number of anilines is 2. The molecule has 1 aliphatic carbocycles. The monoisotopic (exact) mass is 303 g/mol. The molecule has 0 saturated heterocycles. The second-order valence-corrected chi connectivity index (χ2v) is 6.45. The predicted molar refractivity (Wildman–Crippen MR) is 88.7 cm³/mol. The van der Waals surface area contributed by atoms with Crippen LogP contribution in [-0.2, 0) is 9.59 Å². The lowest BCUT2D eigenvalue weighted by molar-refractivity contribution is -0.122. The van der Waals surface area contributed by atoms with Gasteiger partial charge >= 0.3 is 0 Å². The van der Waals surface area contributed by atoms with Crippen LogP contribution in [0.4, 0.5) is 11.4 Å². The highest BCUT2D eigenvalue weighted by Gasteiger charge is 2.37. The number of amides is 2. The van der Waals surface area contributed by atoms with E-state index in [0.29, 0.717) is 5.69 Å². The third-order valence-electron chi connectivity index (χ3n) is 4.47. The summed E-state index contributed by atoms with van der Waals surface area (Å²) < 4.78 is 0. The number of carbonyl (C=O) groups is 2. The van der Waals surface area contributed by atoms with Gasteiger partial charge in [-0.2, -0.15) is 0 Å². The molecule has 0 aliphatic heterocycles. The van der Waals surface area contributed by atoms with Gasteiger partial charge in [-0.25, -0.2) is 0 Å². The Morgan fingerprint density at radius 3 is 2.45 bits per heavy atom. The molecule has 1 aliphatic rings. The largest absolute Gasteiger partial charge is 0.326 e. The number of hydrogen-bond acceptors (Lipinski definition) is 3. The molecule has 1 aromatic carbocycles. The van der Waals surface area contributed by atoms with Crippen LogP contribution in [-0.4, -0.2) is 17.4 Å². The molecule has 0 bridgehead atoms. The lowest BCUT2D eigenvalue weighted by Crippen LogP contribution is -2.51. The van der Waals surface area contributed by atoms with E-state index in [1.165, 1.54) is 6.92 Å². The summed E-state index contributed by atoms with van der Waals surface area (Å²) in [6.45, 7) is 5.30. The number of benzene rings is 1. The maximum absolute atomic E-state index is 12.6. The first-order valence-corrected chi connectivity index (χ1v) is 7.78. The Bertz CT molecular complexity index is 581. The van der Waals surface area contributed by atoms with Crippen LogP contribution in [0.15, 0.2) is 18.2 Å². The Balaban J connectivity index is 2.16. The van der Waals surface area contributed by atoms with Crippen LogP contribution in [0.3, 0.4) is 0 Å². The zero-order chi connectivity index (χ0) is 16.3. The van der Waals surface area contributed by atoms with Gasteiger partial charge < -0.3 is 16.4 Å². The molecule has 0 spiro atoms. The molecule has 5 heteroatoms. The summed E-state index contributed by atoms with van der Waals surface area (Å²) >= 11 is 0. The molecule has 1 fully saturated rings. The molecule has 5 nitrogen and oxygen atoms in total. The normalized spacial score (nSPS) is 24.6. The van der Waals surface area contributed by atoms with Gasteiger partial charge in [0.15, 0.2) is 0 Å². The van der Waals surface area contributed by atoms with E-state index in [-0.39, 0.29) is 17.7 Å². The Labute approximate surface area is 131 Å². The molecule has 1 saturated carbocycles. The molecule has 0 aromatic heterocycles. The van der Waals surface area contributed by atoms with Crippen molar-refractivity contribution in [2.75, 3.05) is 10.6 Å². The summed E-state index contributed by atoms with van der Waals surface area (Å²) in [5.41, 5.74) is 8.12. The summed E-state index contributed by atoms with van der Waals surface area (Å²) in [5, 5.41) is 5.75. The summed E-state index contributed by atoms with van der Waals surface area (Å²) in [5.74, 6) is -0.341. The van der Waals surface area contributed by atoms with Gasteiger partial charge in [-0.05, 0) is 44.4 Å². The predicted octanol–water partition coefficient (Wildman–Crippen LogP) is 2.80. The number of carbonyl (C=O) groups excluding carboxylic acids is 2. The van der Waals surface area contributed by atoms with Crippen molar-refractivity contribution < 1.29 is 9.59 Å². The van der Waals surface area contributed by atoms with Crippen LogP contribution in [0, 0.1) is 12.8 Å². The van der Waals surface area contributed by atoms with Crippen molar-refractivity contribution >= 4 is 23.2 Å². The lowest BCUT2D eigenvalue weighted by Gasteiger charge is -2.37. The SMILES string of the molecule is CC(=O)Nc1cccc(NC(=O)C2CCCCC2(C)N)c1C. The summed E-state index contributed by atoms with van der Waals surface area (Å²) in [6, 6.07) is 5.48. The number of hydrogen-bond donors (Lipinski definition) is 3. The summed E-state index contributed by atoms with van der Waals surface area (Å²) in [6.07, 6.45) is 3.81. The van der Waals surface area contributed by atoms with Gasteiger partial charge in [0.2, 0.25) is 11.8 Å². The van der Waals surface area contributed by atoms with E-state index < -0.39 is 5.54 Å². The summed E-state index contributed by atoms with van der Waals surface area (Å²) in [4.78, 5) is 23.8. The van der Waals surface area contributed by atoms with Crippen molar-refractivity contribution in [2.45, 2.75) is 52.0 Å². The van der Waals surface area contributed by atoms with E-state index >= 15 is 0 Å². The first-order chi connectivity index (χ1) is 10.3. The van der Waals surface area contributed by atoms with Crippen LogP contribution in [0.5, 0.6) is 0 Å². The van der Waals surface area contributed by atoms with E-state index in [0.717, 1.165) is 36.9 Å². The fraction of sp³-hybridized carbons (Fsp3) is 0.529. The van der Waals surface area contributed by atoms with E-state index in [2.05, 4.69) is 10.6 Å². The minimum absolute atomic E-state index is 0.0345. The van der Waals surface area contributed by atoms with Crippen molar-refractivity contribution in [1.82, 2.24) is 0 Å². The van der Waals surface area contributed by atoms with Crippen LogP contribution < -0.4 is 16.4 Å². The molecule has 0 heterocycles. The maximum Gasteiger partial charge on any atom is 0.229 e. The third-order valence-corrected chi connectivity index (χ3v) is 4.47. The highest BCUT2D eigenvalue weighted by Crippen LogP contribution is 2.33. The van der Waals surface area contributed by atoms with Crippen LogP contribution in [0.1, 0.15) is 45.1 Å². The molecule has 2 unspecified atom stereocenters. The molecule has 2 amide bonds. The number of rotatable bonds is 3. The van der Waals surface area contributed by atoms with Gasteiger partial charge in [0.05, 0.1) is 5.92 Å². The van der Waals surface area contributed by atoms with Crippen molar-refractivity contribution in [3.8, 4) is 0 Å². The van der Waals surface area contributed by atoms with Gasteiger partial charge in [0, 0.05) is 23.8 Å². The first-order valence-electron chi connectivity index (χ1n) is 7.78. The molecule has 22 heavy (non-hydrogen) atoms. The first kappa shape index (κ1) is 16.5. The fourth-order valence-electron chi connectivity index (χ4n) is 3.10. The topological polar surface area (TPSA) is 84.2 Å². The van der Waals surface area contributed by atoms with E-state index in [4.69, 9.17) is 5.73 Å². The van der Waals surface area contributed by atoms with Gasteiger partial charge in [0.25, 0.3) is 0 Å².